The van der Waals surface area contributed by atoms with Gasteiger partial charge in [-0.1, -0.05) is 19.8 Å². The number of halogens is 6. The summed E-state index contributed by atoms with van der Waals surface area (Å²) in [5, 5.41) is 0. The number of benzene rings is 1. The standard InChI is InChI=1S/C24H30F6/c1-15-2-9-18(10-3-15)19-13-21(25)20(22(26)14-19)11-8-16-4-6-17(7-5-16)12-23(27)24(28,29)30/h12-18H,2-11H2,1H3. The summed E-state index contributed by atoms with van der Waals surface area (Å²) < 4.78 is 79.3. The highest BCUT2D eigenvalue weighted by atomic mass is 19.4. The molecule has 0 aliphatic heterocycles. The summed E-state index contributed by atoms with van der Waals surface area (Å²) in [4.78, 5) is 0. The molecule has 0 bridgehead atoms. The molecule has 0 unspecified atom stereocenters. The maximum absolute atomic E-state index is 14.6. The Morgan fingerprint density at radius 1 is 0.933 bits per heavy atom. The molecule has 0 N–H and O–H groups in total. The van der Waals surface area contributed by atoms with E-state index in [9.17, 15) is 26.3 Å². The van der Waals surface area contributed by atoms with Gasteiger partial charge in [0.15, 0.2) is 5.83 Å². The second-order valence-corrected chi connectivity index (χ2v) is 9.25. The van der Waals surface area contributed by atoms with Crippen molar-refractivity contribution in [2.75, 3.05) is 0 Å². The Hall–Kier alpha value is -1.46. The Balaban J connectivity index is 1.53. The third kappa shape index (κ3) is 6.04. The normalized spacial score (nSPS) is 28.6. The summed E-state index contributed by atoms with van der Waals surface area (Å²) in [5.74, 6) is -2.34. The van der Waals surface area contributed by atoms with Gasteiger partial charge in [0.25, 0.3) is 0 Å². The first-order valence-electron chi connectivity index (χ1n) is 11.1. The van der Waals surface area contributed by atoms with Gasteiger partial charge in [-0.3, -0.25) is 0 Å². The quantitative estimate of drug-likeness (QED) is 0.410. The monoisotopic (exact) mass is 432 g/mol. The minimum absolute atomic E-state index is 0.105. The third-order valence-electron chi connectivity index (χ3n) is 7.00. The minimum Gasteiger partial charge on any atom is -0.207 e. The first-order valence-corrected chi connectivity index (χ1v) is 11.1. The number of rotatable bonds is 5. The molecule has 0 radical (unpaired) electrons. The molecule has 1 aromatic carbocycles. The van der Waals surface area contributed by atoms with Crippen LogP contribution < -0.4 is 0 Å². The number of hydrogen-bond acceptors (Lipinski definition) is 0. The van der Waals surface area contributed by atoms with Crippen LogP contribution in [-0.4, -0.2) is 6.18 Å². The summed E-state index contributed by atoms with van der Waals surface area (Å²) in [6.07, 6.45) is 2.96. The Morgan fingerprint density at radius 3 is 2.03 bits per heavy atom. The molecule has 0 heterocycles. The van der Waals surface area contributed by atoms with E-state index in [4.69, 9.17) is 0 Å². The van der Waals surface area contributed by atoms with Crippen LogP contribution in [0.1, 0.15) is 81.8 Å². The summed E-state index contributed by atoms with van der Waals surface area (Å²) in [5.41, 5.74) is 0.854. The second kappa shape index (κ2) is 9.78. The summed E-state index contributed by atoms with van der Waals surface area (Å²) in [6, 6.07) is 2.97. The molecule has 2 saturated carbocycles. The highest BCUT2D eigenvalue weighted by Crippen LogP contribution is 2.38. The van der Waals surface area contributed by atoms with Crippen molar-refractivity contribution < 1.29 is 26.3 Å². The van der Waals surface area contributed by atoms with Crippen molar-refractivity contribution in [2.24, 2.45) is 17.8 Å². The average Bonchev–Trinajstić information content (AvgIpc) is 2.68. The molecule has 168 valence electrons. The zero-order valence-corrected chi connectivity index (χ0v) is 17.4. The highest BCUT2D eigenvalue weighted by molar-refractivity contribution is 5.29. The summed E-state index contributed by atoms with van der Waals surface area (Å²) >= 11 is 0. The van der Waals surface area contributed by atoms with Gasteiger partial charge in [0, 0.05) is 5.56 Å². The Bertz CT molecular complexity index is 712. The zero-order valence-electron chi connectivity index (χ0n) is 17.4. The lowest BCUT2D eigenvalue weighted by Crippen LogP contribution is -2.16. The van der Waals surface area contributed by atoms with E-state index in [1.165, 1.54) is 12.1 Å². The van der Waals surface area contributed by atoms with Gasteiger partial charge in [-0.05, 0) is 98.8 Å². The van der Waals surface area contributed by atoms with Gasteiger partial charge in [-0.2, -0.15) is 13.2 Å². The molecule has 2 aliphatic rings. The molecule has 0 saturated heterocycles. The van der Waals surface area contributed by atoms with Gasteiger partial charge in [-0.25, -0.2) is 13.2 Å². The lowest BCUT2D eigenvalue weighted by molar-refractivity contribution is -0.109. The molecule has 0 spiro atoms. The van der Waals surface area contributed by atoms with E-state index in [-0.39, 0.29) is 23.8 Å². The van der Waals surface area contributed by atoms with E-state index >= 15 is 0 Å². The predicted molar refractivity (Wildman–Crippen MR) is 106 cm³/mol. The van der Waals surface area contributed by atoms with Gasteiger partial charge in [0.05, 0.1) is 0 Å². The molecule has 0 nitrogen and oxygen atoms in total. The van der Waals surface area contributed by atoms with Crippen LogP contribution in [0.5, 0.6) is 0 Å². The van der Waals surface area contributed by atoms with E-state index in [0.717, 1.165) is 31.2 Å². The van der Waals surface area contributed by atoms with Crippen molar-refractivity contribution in [3.63, 3.8) is 0 Å². The second-order valence-electron chi connectivity index (χ2n) is 9.25. The Kier molecular flexibility index (Phi) is 7.56. The molecule has 1 aromatic rings. The van der Waals surface area contributed by atoms with Crippen LogP contribution in [0, 0.1) is 29.4 Å². The molecular weight excluding hydrogens is 402 g/mol. The van der Waals surface area contributed by atoms with Crippen LogP contribution >= 0.6 is 0 Å². The van der Waals surface area contributed by atoms with Crippen molar-refractivity contribution in [2.45, 2.75) is 83.2 Å². The van der Waals surface area contributed by atoms with E-state index in [0.29, 0.717) is 44.1 Å². The fourth-order valence-electron chi connectivity index (χ4n) is 4.98. The molecule has 0 amide bonds. The fourth-order valence-corrected chi connectivity index (χ4v) is 4.98. The Labute approximate surface area is 174 Å². The van der Waals surface area contributed by atoms with E-state index in [1.54, 1.807) is 0 Å². The van der Waals surface area contributed by atoms with Crippen LogP contribution in [-0.2, 0) is 6.42 Å². The zero-order chi connectivity index (χ0) is 21.9. The Morgan fingerprint density at radius 2 is 1.50 bits per heavy atom. The first kappa shape index (κ1) is 23.2. The number of alkyl halides is 3. The van der Waals surface area contributed by atoms with Crippen molar-refractivity contribution in [1.29, 1.82) is 0 Å². The average molecular weight is 432 g/mol. The van der Waals surface area contributed by atoms with Crippen LogP contribution in [0.15, 0.2) is 24.0 Å². The van der Waals surface area contributed by atoms with Crippen LogP contribution in [0.25, 0.3) is 0 Å². The van der Waals surface area contributed by atoms with Crippen molar-refractivity contribution in [1.82, 2.24) is 0 Å². The highest BCUT2D eigenvalue weighted by Gasteiger charge is 2.35. The maximum Gasteiger partial charge on any atom is 0.442 e. The molecule has 2 aliphatic carbocycles. The topological polar surface area (TPSA) is 0 Å². The molecule has 0 atom stereocenters. The van der Waals surface area contributed by atoms with Gasteiger partial charge >= 0.3 is 6.18 Å². The predicted octanol–water partition coefficient (Wildman–Crippen LogP) is 8.41. The van der Waals surface area contributed by atoms with E-state index in [2.05, 4.69) is 6.92 Å². The fraction of sp³-hybridized carbons (Fsp3) is 0.667. The SMILES string of the molecule is CC1CCC(c2cc(F)c(CCC3CCC(C=C(F)C(F)(F)F)CC3)c(F)c2)CC1. The third-order valence-corrected chi connectivity index (χ3v) is 7.00. The first-order chi connectivity index (χ1) is 14.1. The van der Waals surface area contributed by atoms with Crippen molar-refractivity contribution in [3.8, 4) is 0 Å². The van der Waals surface area contributed by atoms with Crippen LogP contribution in [0.3, 0.4) is 0 Å². The summed E-state index contributed by atoms with van der Waals surface area (Å²) in [7, 11) is 0. The van der Waals surface area contributed by atoms with Gasteiger partial charge in [-0.15, -0.1) is 0 Å². The van der Waals surface area contributed by atoms with Gasteiger partial charge in [0.1, 0.15) is 11.6 Å². The number of allylic oxidation sites excluding steroid dienone is 2. The van der Waals surface area contributed by atoms with Gasteiger partial charge < -0.3 is 0 Å². The largest absolute Gasteiger partial charge is 0.442 e. The smallest absolute Gasteiger partial charge is 0.207 e. The number of hydrogen-bond donors (Lipinski definition) is 0. The molecule has 3 rings (SSSR count). The lowest BCUT2D eigenvalue weighted by Gasteiger charge is -2.28. The van der Waals surface area contributed by atoms with E-state index < -0.39 is 29.6 Å². The molecule has 2 fully saturated rings. The van der Waals surface area contributed by atoms with Crippen molar-refractivity contribution in [3.05, 3.63) is 46.8 Å². The molecule has 30 heavy (non-hydrogen) atoms. The maximum atomic E-state index is 14.6. The van der Waals surface area contributed by atoms with Crippen LogP contribution in [0.4, 0.5) is 26.3 Å². The molecule has 0 aromatic heterocycles. The summed E-state index contributed by atoms with van der Waals surface area (Å²) in [6.45, 7) is 2.21. The lowest BCUT2D eigenvalue weighted by atomic mass is 9.78. The minimum atomic E-state index is -4.92. The van der Waals surface area contributed by atoms with Crippen LogP contribution in [0.2, 0.25) is 0 Å². The van der Waals surface area contributed by atoms with Gasteiger partial charge in [0.2, 0.25) is 0 Å². The molecule has 6 heteroatoms. The van der Waals surface area contributed by atoms with E-state index in [1.807, 2.05) is 0 Å². The van der Waals surface area contributed by atoms with Crippen molar-refractivity contribution >= 4 is 0 Å². The molecular formula is C24H30F6.